The molecule has 4 aromatic carbocycles. The van der Waals surface area contributed by atoms with Crippen molar-refractivity contribution in [1.82, 2.24) is 15.0 Å². The number of hydrogen-bond acceptors (Lipinski definition) is 15. The lowest BCUT2D eigenvalue weighted by Crippen LogP contribution is -2.37. The number of ether oxygens (including phenoxy) is 11. The zero-order chi connectivity index (χ0) is 42.1. The molecule has 312 valence electrons. The van der Waals surface area contributed by atoms with Crippen LogP contribution in [-0.4, -0.2) is 89.9 Å². The number of esters is 1. The van der Waals surface area contributed by atoms with Gasteiger partial charge in [-0.05, 0) is 77.4 Å². The minimum Gasteiger partial charge on any atom is -0.496 e. The molecule has 16 heteroatoms. The normalized spacial score (nSPS) is 18.6. The number of nitrogens with zero attached hydrogens (tertiary/aromatic N) is 3. The van der Waals surface area contributed by atoms with Crippen LogP contribution in [0.15, 0.2) is 66.9 Å². The van der Waals surface area contributed by atoms with Crippen LogP contribution >= 0.6 is 0 Å². The molecule has 3 heterocycles. The van der Waals surface area contributed by atoms with Gasteiger partial charge in [-0.3, -0.25) is 9.59 Å². The Hall–Kier alpha value is -7.10. The molecule has 2 aliphatic heterocycles. The third-order valence-corrected chi connectivity index (χ3v) is 11.0. The summed E-state index contributed by atoms with van der Waals surface area (Å²) in [6.45, 7) is 0.260. The number of hydrogen-bond donors (Lipinski definition) is 0. The van der Waals surface area contributed by atoms with Gasteiger partial charge in [-0.2, -0.15) is 0 Å². The molecule has 4 atom stereocenters. The van der Waals surface area contributed by atoms with Gasteiger partial charge in [0.25, 0.3) is 0 Å². The second-order valence-corrected chi connectivity index (χ2v) is 14.0. The summed E-state index contributed by atoms with van der Waals surface area (Å²) in [5, 5.41) is 8.99. The van der Waals surface area contributed by atoms with E-state index < -0.39 is 17.9 Å². The van der Waals surface area contributed by atoms with Crippen LogP contribution in [0.3, 0.4) is 0 Å². The Balaban J connectivity index is 1.06. The van der Waals surface area contributed by atoms with Gasteiger partial charge >= 0.3 is 5.97 Å². The molecule has 1 saturated heterocycles. The predicted molar refractivity (Wildman–Crippen MR) is 213 cm³/mol. The number of cyclic esters (lactones) is 1. The summed E-state index contributed by atoms with van der Waals surface area (Å²) >= 11 is 0. The average Bonchev–Trinajstić information content (AvgIpc) is 4.05. The van der Waals surface area contributed by atoms with Crippen molar-refractivity contribution in [3.05, 3.63) is 100 Å². The van der Waals surface area contributed by atoms with Gasteiger partial charge in [0.1, 0.15) is 18.1 Å². The van der Waals surface area contributed by atoms with Crippen molar-refractivity contribution in [3.63, 3.8) is 0 Å². The first-order valence-corrected chi connectivity index (χ1v) is 18.9. The summed E-state index contributed by atoms with van der Waals surface area (Å²) in [5.74, 6) is 2.78. The van der Waals surface area contributed by atoms with E-state index in [1.807, 2.05) is 24.3 Å². The van der Waals surface area contributed by atoms with E-state index >= 15 is 0 Å². The molecule has 1 aromatic heterocycles. The molecule has 8 rings (SSSR count). The Morgan fingerprint density at radius 1 is 0.733 bits per heavy atom. The van der Waals surface area contributed by atoms with Crippen molar-refractivity contribution in [2.24, 2.45) is 11.8 Å². The van der Waals surface area contributed by atoms with E-state index in [1.165, 1.54) is 34.5 Å². The number of rotatable bonds is 15. The molecular weight excluding hydrogens is 778 g/mol. The second kappa shape index (κ2) is 16.6. The van der Waals surface area contributed by atoms with E-state index in [0.717, 1.165) is 16.7 Å². The smallest absolute Gasteiger partial charge is 0.310 e. The number of aromatic nitrogens is 3. The molecule has 0 bridgehead atoms. The van der Waals surface area contributed by atoms with Crippen LogP contribution in [0.4, 0.5) is 0 Å². The lowest BCUT2D eigenvalue weighted by molar-refractivity contribution is -0.141. The molecule has 0 amide bonds. The number of carbonyl (C=O) groups is 2. The maximum Gasteiger partial charge on any atom is 0.310 e. The van der Waals surface area contributed by atoms with Crippen molar-refractivity contribution in [2.45, 2.75) is 18.6 Å². The predicted octanol–water partition coefficient (Wildman–Crippen LogP) is 6.07. The van der Waals surface area contributed by atoms with Gasteiger partial charge in [0, 0.05) is 29.0 Å². The maximum atomic E-state index is 13.7. The highest BCUT2D eigenvalue weighted by Crippen LogP contribution is 2.56. The van der Waals surface area contributed by atoms with Crippen LogP contribution < -0.4 is 47.4 Å². The first kappa shape index (κ1) is 39.7. The highest BCUT2D eigenvalue weighted by atomic mass is 16.7. The fourth-order valence-electron chi connectivity index (χ4n) is 8.21. The summed E-state index contributed by atoms with van der Waals surface area (Å²) in [7, 11) is 10.7. The third kappa shape index (κ3) is 7.07. The fraction of sp³-hybridized carbons (Fsp3) is 0.318. The summed E-state index contributed by atoms with van der Waals surface area (Å²) in [4.78, 5) is 27.0. The van der Waals surface area contributed by atoms with Gasteiger partial charge in [-0.1, -0.05) is 5.21 Å². The lowest BCUT2D eigenvalue weighted by atomic mass is 9.65. The molecule has 0 spiro atoms. The van der Waals surface area contributed by atoms with Crippen molar-refractivity contribution >= 4 is 17.8 Å². The largest absolute Gasteiger partial charge is 0.496 e. The van der Waals surface area contributed by atoms with Crippen LogP contribution in [0, 0.1) is 11.8 Å². The Bertz CT molecular complexity index is 2450. The highest BCUT2D eigenvalue weighted by molar-refractivity contribution is 6.07. The zero-order valence-corrected chi connectivity index (χ0v) is 34.0. The topological polar surface area (TPSA) is 166 Å². The zero-order valence-electron chi connectivity index (χ0n) is 34.0. The molecule has 0 N–H and O–H groups in total. The second-order valence-electron chi connectivity index (χ2n) is 14.0. The number of ketones is 1. The van der Waals surface area contributed by atoms with Gasteiger partial charge in [-0.25, -0.2) is 4.68 Å². The molecule has 3 aliphatic rings. The summed E-state index contributed by atoms with van der Waals surface area (Å²) in [6, 6.07) is 15.5. The van der Waals surface area contributed by atoms with E-state index in [9.17, 15) is 9.59 Å². The Labute approximate surface area is 345 Å². The molecule has 0 radical (unpaired) electrons. The summed E-state index contributed by atoms with van der Waals surface area (Å²) < 4.78 is 64.2. The number of fused-ring (bicyclic) bond motifs is 3. The SMILES string of the molecule is COc1cc(OC)c(OC)cc1/C=C/C(=O)c1ccc(OCc2cn([C@@H]3c4cc5c(cc4[C@@H](c4cc(OC)c(OC)c(OC)c4)[C@H]4C(=O)OC[C@@H]43)OCO5)nn2)c(OC)c1. The minimum atomic E-state index is -0.601. The van der Waals surface area contributed by atoms with Gasteiger partial charge in [0.2, 0.25) is 12.5 Å². The average molecular weight is 822 g/mol. The van der Waals surface area contributed by atoms with Gasteiger partial charge in [0.05, 0.1) is 74.5 Å². The van der Waals surface area contributed by atoms with Crippen LogP contribution in [-0.2, 0) is 16.1 Å². The van der Waals surface area contributed by atoms with Crippen LogP contribution in [0.1, 0.15) is 50.3 Å². The number of benzene rings is 4. The molecule has 0 saturated carbocycles. The molecule has 1 fully saturated rings. The molecule has 5 aromatic rings. The van der Waals surface area contributed by atoms with E-state index in [4.69, 9.17) is 52.1 Å². The molecule has 1 aliphatic carbocycles. The fourth-order valence-corrected chi connectivity index (χ4v) is 8.21. The Morgan fingerprint density at radius 2 is 1.38 bits per heavy atom. The van der Waals surface area contributed by atoms with Crippen molar-refractivity contribution in [3.8, 4) is 57.5 Å². The quantitative estimate of drug-likeness (QED) is 0.0678. The molecular formula is C44H43N3O13. The van der Waals surface area contributed by atoms with Crippen molar-refractivity contribution in [2.75, 3.05) is 63.2 Å². The molecule has 0 unspecified atom stereocenters. The van der Waals surface area contributed by atoms with Gasteiger partial charge in [-0.15, -0.1) is 5.10 Å². The monoisotopic (exact) mass is 821 g/mol. The number of carbonyl (C=O) groups excluding carboxylic acids is 2. The van der Waals surface area contributed by atoms with E-state index in [2.05, 4.69) is 10.3 Å². The van der Waals surface area contributed by atoms with Crippen molar-refractivity contribution < 1.29 is 61.7 Å². The van der Waals surface area contributed by atoms with E-state index in [0.29, 0.717) is 74.3 Å². The number of methoxy groups -OCH3 is 7. The molecule has 16 nitrogen and oxygen atoms in total. The Kier molecular flexibility index (Phi) is 11.0. The first-order chi connectivity index (χ1) is 29.2. The minimum absolute atomic E-state index is 0.0287. The van der Waals surface area contributed by atoms with Crippen LogP contribution in [0.2, 0.25) is 0 Å². The van der Waals surface area contributed by atoms with E-state index in [1.54, 1.807) is 68.6 Å². The van der Waals surface area contributed by atoms with Crippen LogP contribution in [0.25, 0.3) is 6.08 Å². The Morgan fingerprint density at radius 3 is 2.05 bits per heavy atom. The van der Waals surface area contributed by atoms with E-state index in [-0.39, 0.29) is 37.7 Å². The lowest BCUT2D eigenvalue weighted by Gasteiger charge is -2.39. The van der Waals surface area contributed by atoms with Gasteiger partial charge in [0.15, 0.2) is 51.8 Å². The van der Waals surface area contributed by atoms with Gasteiger partial charge < -0.3 is 52.1 Å². The standard InChI is InChI=1S/C44H43N3O13/c1-50-32-18-35(53-4)34(52-3)13-24(32)8-10-30(48)23-9-11-31(33(12-23)51-2)57-20-26-19-47(46-45-26)42-28-17-37-36(59-22-60-37)16-27(28)40(41-29(42)21-58-44(41)49)25-14-38(54-5)43(56-7)39(15-25)55-6/h8-19,29,40-42H,20-22H2,1-7H3/b10-8+/t29-,40+,41-,42+/m0/s1. The third-order valence-electron chi connectivity index (χ3n) is 11.0. The van der Waals surface area contributed by atoms with Crippen LogP contribution in [0.5, 0.6) is 57.5 Å². The summed E-state index contributed by atoms with van der Waals surface area (Å²) in [5.41, 5.74) is 4.01. The maximum absolute atomic E-state index is 13.7. The summed E-state index contributed by atoms with van der Waals surface area (Å²) in [6.07, 6.45) is 4.87. The first-order valence-electron chi connectivity index (χ1n) is 18.9. The number of allylic oxidation sites excluding steroid dienone is 1. The van der Waals surface area contributed by atoms with Crippen molar-refractivity contribution in [1.29, 1.82) is 0 Å². The highest BCUT2D eigenvalue weighted by Gasteiger charge is 2.53. The molecule has 60 heavy (non-hydrogen) atoms.